The average molecular weight is 193 g/mol. The van der Waals surface area contributed by atoms with Gasteiger partial charge in [0.1, 0.15) is 6.61 Å². The highest BCUT2D eigenvalue weighted by atomic mass is 16.6. The second-order valence-electron chi connectivity index (χ2n) is 2.74. The molecule has 0 heterocycles. The van der Waals surface area contributed by atoms with Gasteiger partial charge in [0.25, 0.3) is 0 Å². The monoisotopic (exact) mass is 193 g/mol. The van der Waals surface area contributed by atoms with Gasteiger partial charge in [0, 0.05) is 0 Å². The fourth-order valence-corrected chi connectivity index (χ4v) is 0.817. The van der Waals surface area contributed by atoms with Crippen molar-refractivity contribution in [3.05, 3.63) is 35.9 Å². The molecule has 1 N–H and O–H groups in total. The molecule has 0 aromatic heterocycles. The van der Waals surface area contributed by atoms with Crippen LogP contribution in [0.1, 0.15) is 12.5 Å². The SMILES string of the molecule is C/C(=N\OCc1ccccc1)C(=O)O. The summed E-state index contributed by atoms with van der Waals surface area (Å²) in [5, 5.41) is 11.9. The van der Waals surface area contributed by atoms with Crippen LogP contribution in [0, 0.1) is 0 Å². The normalized spacial score (nSPS) is 11.1. The average Bonchev–Trinajstić information content (AvgIpc) is 2.19. The maximum atomic E-state index is 10.3. The predicted molar refractivity (Wildman–Crippen MR) is 52.0 cm³/mol. The van der Waals surface area contributed by atoms with Crippen LogP contribution >= 0.6 is 0 Å². The lowest BCUT2D eigenvalue weighted by Gasteiger charge is -1.99. The predicted octanol–water partition coefficient (Wildman–Crippen LogP) is 1.66. The molecule has 4 heteroatoms. The van der Waals surface area contributed by atoms with E-state index in [2.05, 4.69) is 5.16 Å². The molecule has 0 aliphatic rings. The Balaban J connectivity index is 2.43. The molecule has 0 saturated carbocycles. The molecule has 0 aliphatic heterocycles. The van der Waals surface area contributed by atoms with E-state index in [-0.39, 0.29) is 12.3 Å². The second kappa shape index (κ2) is 5.01. The van der Waals surface area contributed by atoms with Gasteiger partial charge in [-0.2, -0.15) is 0 Å². The third-order valence-electron chi connectivity index (χ3n) is 1.59. The summed E-state index contributed by atoms with van der Waals surface area (Å²) < 4.78 is 0. The van der Waals surface area contributed by atoms with Gasteiger partial charge < -0.3 is 9.94 Å². The van der Waals surface area contributed by atoms with E-state index in [0.29, 0.717) is 0 Å². The molecular weight excluding hydrogens is 182 g/mol. The van der Waals surface area contributed by atoms with Crippen molar-refractivity contribution in [3.63, 3.8) is 0 Å². The van der Waals surface area contributed by atoms with Crippen molar-refractivity contribution in [1.82, 2.24) is 0 Å². The van der Waals surface area contributed by atoms with Crippen LogP contribution < -0.4 is 0 Å². The minimum absolute atomic E-state index is 0.0547. The number of hydrogen-bond acceptors (Lipinski definition) is 3. The van der Waals surface area contributed by atoms with Gasteiger partial charge in [-0.15, -0.1) is 0 Å². The summed E-state index contributed by atoms with van der Waals surface area (Å²) in [4.78, 5) is 15.2. The molecule has 0 saturated heterocycles. The van der Waals surface area contributed by atoms with Crippen LogP contribution in [0.25, 0.3) is 0 Å². The number of carboxylic acids is 1. The van der Waals surface area contributed by atoms with Gasteiger partial charge in [-0.25, -0.2) is 4.79 Å². The van der Waals surface area contributed by atoms with Crippen LogP contribution in [0.5, 0.6) is 0 Å². The summed E-state index contributed by atoms with van der Waals surface area (Å²) in [6.45, 7) is 1.67. The highest BCUT2D eigenvalue weighted by Gasteiger charge is 2.01. The third-order valence-corrected chi connectivity index (χ3v) is 1.59. The van der Waals surface area contributed by atoms with Crippen LogP contribution in [-0.4, -0.2) is 16.8 Å². The van der Waals surface area contributed by atoms with Crippen LogP contribution in [0.15, 0.2) is 35.5 Å². The summed E-state index contributed by atoms with van der Waals surface area (Å²) >= 11 is 0. The lowest BCUT2D eigenvalue weighted by atomic mass is 10.2. The van der Waals surface area contributed by atoms with E-state index in [0.717, 1.165) is 5.56 Å². The molecule has 4 nitrogen and oxygen atoms in total. The summed E-state index contributed by atoms with van der Waals surface area (Å²) in [6.07, 6.45) is 0. The summed E-state index contributed by atoms with van der Waals surface area (Å²) in [7, 11) is 0. The molecule has 1 aromatic carbocycles. The fraction of sp³-hybridized carbons (Fsp3) is 0.200. The van der Waals surface area contributed by atoms with E-state index in [9.17, 15) is 4.79 Å². The molecule has 0 fully saturated rings. The van der Waals surface area contributed by atoms with Crippen molar-refractivity contribution in [2.24, 2.45) is 5.16 Å². The number of rotatable bonds is 4. The third kappa shape index (κ3) is 3.26. The molecule has 0 radical (unpaired) electrons. The first-order valence-corrected chi connectivity index (χ1v) is 4.14. The molecular formula is C10H11NO3. The van der Waals surface area contributed by atoms with Crippen molar-refractivity contribution in [3.8, 4) is 0 Å². The summed E-state index contributed by atoms with van der Waals surface area (Å²) in [5.41, 5.74) is 0.898. The van der Waals surface area contributed by atoms with Gasteiger partial charge in [0.2, 0.25) is 0 Å². The van der Waals surface area contributed by atoms with Crippen molar-refractivity contribution < 1.29 is 14.7 Å². The van der Waals surface area contributed by atoms with Gasteiger partial charge in [0.05, 0.1) is 0 Å². The Morgan fingerprint density at radius 1 is 1.43 bits per heavy atom. The zero-order chi connectivity index (χ0) is 10.4. The van der Waals surface area contributed by atoms with Gasteiger partial charge in [-0.1, -0.05) is 35.5 Å². The minimum Gasteiger partial charge on any atom is -0.477 e. The molecule has 0 atom stereocenters. The summed E-state index contributed by atoms with van der Waals surface area (Å²) in [5.74, 6) is -1.07. The number of hydrogen-bond donors (Lipinski definition) is 1. The molecule has 0 bridgehead atoms. The van der Waals surface area contributed by atoms with Gasteiger partial charge in [-0.3, -0.25) is 0 Å². The number of benzene rings is 1. The largest absolute Gasteiger partial charge is 0.477 e. The zero-order valence-electron chi connectivity index (χ0n) is 7.80. The molecule has 0 aliphatic carbocycles. The van der Waals surface area contributed by atoms with E-state index in [1.807, 2.05) is 30.3 Å². The van der Waals surface area contributed by atoms with Crippen molar-refractivity contribution >= 4 is 11.7 Å². The van der Waals surface area contributed by atoms with E-state index in [1.165, 1.54) is 6.92 Å². The number of carboxylic acid groups (broad SMARTS) is 1. The van der Waals surface area contributed by atoms with Crippen LogP contribution in [0.4, 0.5) is 0 Å². The molecule has 1 aromatic rings. The van der Waals surface area contributed by atoms with Crippen LogP contribution in [0.2, 0.25) is 0 Å². The number of carbonyl (C=O) groups is 1. The summed E-state index contributed by atoms with van der Waals surface area (Å²) in [6, 6.07) is 9.42. The van der Waals surface area contributed by atoms with Crippen LogP contribution in [-0.2, 0) is 16.2 Å². The molecule has 0 amide bonds. The standard InChI is InChI=1S/C10H11NO3/c1-8(10(12)13)11-14-7-9-5-3-2-4-6-9/h2-6H,7H2,1H3,(H,12,13)/b11-8+. The van der Waals surface area contributed by atoms with Gasteiger partial charge >= 0.3 is 5.97 Å². The second-order valence-corrected chi connectivity index (χ2v) is 2.74. The number of oxime groups is 1. The maximum absolute atomic E-state index is 10.3. The van der Waals surface area contributed by atoms with Crippen molar-refractivity contribution in [2.45, 2.75) is 13.5 Å². The lowest BCUT2D eigenvalue weighted by Crippen LogP contribution is -2.08. The van der Waals surface area contributed by atoms with Gasteiger partial charge in [-0.05, 0) is 12.5 Å². The van der Waals surface area contributed by atoms with Crippen molar-refractivity contribution in [1.29, 1.82) is 0 Å². The smallest absolute Gasteiger partial charge is 0.353 e. The van der Waals surface area contributed by atoms with E-state index >= 15 is 0 Å². The first kappa shape index (κ1) is 10.2. The molecule has 0 spiro atoms. The first-order chi connectivity index (χ1) is 6.70. The lowest BCUT2D eigenvalue weighted by molar-refractivity contribution is -0.129. The highest BCUT2D eigenvalue weighted by molar-refractivity contribution is 6.34. The van der Waals surface area contributed by atoms with Crippen LogP contribution in [0.3, 0.4) is 0 Å². The number of nitrogens with zero attached hydrogens (tertiary/aromatic N) is 1. The Labute approximate surface area is 81.8 Å². The Morgan fingerprint density at radius 2 is 2.07 bits per heavy atom. The minimum atomic E-state index is -1.07. The zero-order valence-corrected chi connectivity index (χ0v) is 7.80. The van der Waals surface area contributed by atoms with E-state index in [4.69, 9.17) is 9.94 Å². The van der Waals surface area contributed by atoms with E-state index in [1.54, 1.807) is 0 Å². The first-order valence-electron chi connectivity index (χ1n) is 4.14. The highest BCUT2D eigenvalue weighted by Crippen LogP contribution is 2.00. The topological polar surface area (TPSA) is 58.9 Å². The Hall–Kier alpha value is -1.84. The Kier molecular flexibility index (Phi) is 3.67. The molecule has 74 valence electrons. The Bertz CT molecular complexity index is 332. The molecule has 14 heavy (non-hydrogen) atoms. The maximum Gasteiger partial charge on any atom is 0.353 e. The Morgan fingerprint density at radius 3 is 2.64 bits per heavy atom. The van der Waals surface area contributed by atoms with Crippen molar-refractivity contribution in [2.75, 3.05) is 0 Å². The fourth-order valence-electron chi connectivity index (χ4n) is 0.817. The van der Waals surface area contributed by atoms with Gasteiger partial charge in [0.15, 0.2) is 5.71 Å². The quantitative estimate of drug-likeness (QED) is 0.584. The van der Waals surface area contributed by atoms with E-state index < -0.39 is 5.97 Å². The molecule has 1 rings (SSSR count). The molecule has 0 unspecified atom stereocenters. The number of aliphatic carboxylic acids is 1.